The number of halogens is 2. The Labute approximate surface area is 80.1 Å². The highest BCUT2D eigenvalue weighted by Crippen LogP contribution is 2.15. The van der Waals surface area contributed by atoms with Gasteiger partial charge in [0.25, 0.3) is 5.95 Å². The fraction of sp³-hybridized carbons (Fsp3) is 0.444. The zero-order valence-electron chi connectivity index (χ0n) is 7.46. The van der Waals surface area contributed by atoms with E-state index in [9.17, 15) is 8.78 Å². The highest BCUT2D eigenvalue weighted by atomic mass is 19.1. The second-order valence-electron chi connectivity index (χ2n) is 3.17. The molecule has 0 aromatic carbocycles. The number of rotatable bonds is 3. The summed E-state index contributed by atoms with van der Waals surface area (Å²) in [5.41, 5.74) is 0. The average Bonchev–Trinajstić information content (AvgIpc) is 2.05. The molecular weight excluding hydrogens is 190 g/mol. The number of nitrogens with one attached hydrogen (secondary N) is 1. The lowest BCUT2D eigenvalue weighted by Gasteiger charge is -2.27. The van der Waals surface area contributed by atoms with Gasteiger partial charge in [-0.3, -0.25) is 0 Å². The maximum atomic E-state index is 12.9. The van der Waals surface area contributed by atoms with Crippen LogP contribution in [0.25, 0.3) is 0 Å². The fourth-order valence-corrected chi connectivity index (χ4v) is 1.19. The van der Waals surface area contributed by atoms with Gasteiger partial charge in [-0.2, -0.15) is 13.8 Å². The maximum Gasteiger partial charge on any atom is 0.257 e. The highest BCUT2D eigenvalue weighted by Gasteiger charge is 2.17. The lowest BCUT2D eigenvalue weighted by atomic mass is 10.1. The Morgan fingerprint density at radius 1 is 1.50 bits per heavy atom. The normalized spacial score (nSPS) is 20.3. The molecule has 0 amide bonds. The molecule has 76 valence electrons. The summed E-state index contributed by atoms with van der Waals surface area (Å²) in [7, 11) is 0. The first-order chi connectivity index (χ1) is 6.75. The zero-order valence-corrected chi connectivity index (χ0v) is 7.46. The van der Waals surface area contributed by atoms with Gasteiger partial charge in [0.2, 0.25) is 5.95 Å². The van der Waals surface area contributed by atoms with Gasteiger partial charge in [-0.15, -0.1) is 0 Å². The number of pyridine rings is 1. The molecule has 0 aliphatic carbocycles. The van der Waals surface area contributed by atoms with Crippen LogP contribution in [0.15, 0.2) is 12.1 Å². The van der Waals surface area contributed by atoms with Crippen LogP contribution < -0.4 is 10.1 Å². The van der Waals surface area contributed by atoms with Crippen molar-refractivity contribution in [2.75, 3.05) is 13.2 Å². The zero-order chi connectivity index (χ0) is 9.97. The summed E-state index contributed by atoms with van der Waals surface area (Å²) in [4.78, 5) is 3.02. The van der Waals surface area contributed by atoms with E-state index in [0.29, 0.717) is 6.61 Å². The molecule has 2 rings (SSSR count). The molecule has 14 heavy (non-hydrogen) atoms. The van der Waals surface area contributed by atoms with Crippen molar-refractivity contribution in [3.8, 4) is 5.75 Å². The smallest absolute Gasteiger partial charge is 0.257 e. The minimum absolute atomic E-state index is 0.0000926. The molecule has 1 saturated heterocycles. The summed E-state index contributed by atoms with van der Waals surface area (Å²) in [6, 6.07) is 2.60. The van der Waals surface area contributed by atoms with E-state index in [-0.39, 0.29) is 11.8 Å². The molecule has 1 unspecified atom stereocenters. The average molecular weight is 200 g/mol. The highest BCUT2D eigenvalue weighted by molar-refractivity contribution is 5.18. The molecule has 1 aromatic heterocycles. The van der Waals surface area contributed by atoms with Crippen molar-refractivity contribution in [3.05, 3.63) is 24.0 Å². The van der Waals surface area contributed by atoms with Gasteiger partial charge < -0.3 is 10.1 Å². The molecule has 1 aliphatic heterocycles. The molecule has 1 N–H and O–H groups in total. The largest absolute Gasteiger partial charge is 0.487 e. The summed E-state index contributed by atoms with van der Waals surface area (Å²) in [5.74, 6) is -1.74. The van der Waals surface area contributed by atoms with Gasteiger partial charge in [0, 0.05) is 6.04 Å². The monoisotopic (exact) mass is 200 g/mol. The van der Waals surface area contributed by atoms with Crippen LogP contribution >= 0.6 is 0 Å². The van der Waals surface area contributed by atoms with Crippen molar-refractivity contribution in [1.29, 1.82) is 0 Å². The van der Waals surface area contributed by atoms with Gasteiger partial charge in [-0.05, 0) is 25.1 Å². The van der Waals surface area contributed by atoms with Crippen molar-refractivity contribution in [1.82, 2.24) is 10.3 Å². The first-order valence-electron chi connectivity index (χ1n) is 4.44. The molecule has 0 spiro atoms. The summed E-state index contributed by atoms with van der Waals surface area (Å²) >= 11 is 0. The molecule has 1 fully saturated rings. The Kier molecular flexibility index (Phi) is 2.58. The molecule has 1 aliphatic rings. The molecule has 0 radical (unpaired) electrons. The van der Waals surface area contributed by atoms with E-state index in [2.05, 4.69) is 10.3 Å². The Bertz CT molecular complexity index is 329. The van der Waals surface area contributed by atoms with E-state index in [4.69, 9.17) is 4.74 Å². The van der Waals surface area contributed by atoms with Crippen molar-refractivity contribution >= 4 is 0 Å². The molecule has 1 atom stereocenters. The van der Waals surface area contributed by atoms with Gasteiger partial charge in [-0.1, -0.05) is 0 Å². The quantitative estimate of drug-likeness (QED) is 0.742. The van der Waals surface area contributed by atoms with E-state index < -0.39 is 11.9 Å². The van der Waals surface area contributed by atoms with Gasteiger partial charge in [0.1, 0.15) is 6.61 Å². The Morgan fingerprint density at radius 3 is 2.86 bits per heavy atom. The Hall–Kier alpha value is -1.23. The number of hydrogen-bond acceptors (Lipinski definition) is 3. The van der Waals surface area contributed by atoms with Gasteiger partial charge >= 0.3 is 0 Å². The van der Waals surface area contributed by atoms with Crippen LogP contribution in [0.5, 0.6) is 5.75 Å². The minimum atomic E-state index is -0.899. The third kappa shape index (κ3) is 1.98. The van der Waals surface area contributed by atoms with Gasteiger partial charge in [-0.25, -0.2) is 0 Å². The molecule has 3 nitrogen and oxygen atoms in total. The number of hydrogen-bond donors (Lipinski definition) is 1. The van der Waals surface area contributed by atoms with Crippen molar-refractivity contribution in [3.63, 3.8) is 0 Å². The summed E-state index contributed by atoms with van der Waals surface area (Å²) < 4.78 is 30.5. The predicted molar refractivity (Wildman–Crippen MR) is 46.1 cm³/mol. The van der Waals surface area contributed by atoms with Crippen molar-refractivity contribution in [2.45, 2.75) is 12.5 Å². The molecule has 2 heterocycles. The predicted octanol–water partition coefficient (Wildman–Crippen LogP) is 1.10. The molecular formula is C9H10F2N2O. The lowest BCUT2D eigenvalue weighted by Crippen LogP contribution is -2.46. The molecule has 5 heteroatoms. The lowest BCUT2D eigenvalue weighted by molar-refractivity contribution is 0.208. The fourth-order valence-electron chi connectivity index (χ4n) is 1.19. The van der Waals surface area contributed by atoms with E-state index in [1.807, 2.05) is 0 Å². The summed E-state index contributed by atoms with van der Waals surface area (Å²) in [5, 5.41) is 3.10. The van der Waals surface area contributed by atoms with Crippen LogP contribution in [-0.4, -0.2) is 24.2 Å². The van der Waals surface area contributed by atoms with Gasteiger partial charge in [0.05, 0.1) is 0 Å². The second kappa shape index (κ2) is 3.88. The first kappa shape index (κ1) is 9.33. The Morgan fingerprint density at radius 2 is 2.29 bits per heavy atom. The third-order valence-electron chi connectivity index (χ3n) is 2.15. The van der Waals surface area contributed by atoms with E-state index >= 15 is 0 Å². The molecule has 0 saturated carbocycles. The Balaban J connectivity index is 1.94. The maximum absolute atomic E-state index is 12.9. The van der Waals surface area contributed by atoms with Crippen molar-refractivity contribution < 1.29 is 13.5 Å². The second-order valence-corrected chi connectivity index (χ2v) is 3.17. The van der Waals surface area contributed by atoms with Crippen LogP contribution in [0.2, 0.25) is 0 Å². The summed E-state index contributed by atoms with van der Waals surface area (Å²) in [6.07, 6.45) is 1.02. The van der Waals surface area contributed by atoms with Gasteiger partial charge in [0.15, 0.2) is 5.75 Å². The standard InChI is InChI=1S/C9H10F2N2O/c10-8-2-1-7(9(11)13-8)14-5-6-3-4-12-6/h1-2,6,12H,3-5H2. The molecule has 0 bridgehead atoms. The van der Waals surface area contributed by atoms with Crippen LogP contribution in [-0.2, 0) is 0 Å². The van der Waals surface area contributed by atoms with Crippen LogP contribution in [0.4, 0.5) is 8.78 Å². The SMILES string of the molecule is Fc1ccc(OCC2CCN2)c(F)n1. The minimum Gasteiger partial charge on any atom is -0.487 e. The van der Waals surface area contributed by atoms with Crippen LogP contribution in [0, 0.1) is 11.9 Å². The first-order valence-corrected chi connectivity index (χ1v) is 4.44. The number of ether oxygens (including phenoxy) is 1. The van der Waals surface area contributed by atoms with E-state index in [1.54, 1.807) is 0 Å². The van der Waals surface area contributed by atoms with Crippen LogP contribution in [0.1, 0.15) is 6.42 Å². The topological polar surface area (TPSA) is 34.1 Å². The van der Waals surface area contributed by atoms with Crippen molar-refractivity contribution in [2.24, 2.45) is 0 Å². The van der Waals surface area contributed by atoms with E-state index in [1.165, 1.54) is 6.07 Å². The third-order valence-corrected chi connectivity index (χ3v) is 2.15. The molecule has 1 aromatic rings. The number of aromatic nitrogens is 1. The van der Waals surface area contributed by atoms with E-state index in [0.717, 1.165) is 19.0 Å². The van der Waals surface area contributed by atoms with Crippen LogP contribution in [0.3, 0.4) is 0 Å². The number of nitrogens with zero attached hydrogens (tertiary/aromatic N) is 1. The summed E-state index contributed by atoms with van der Waals surface area (Å²) in [6.45, 7) is 1.36.